The van der Waals surface area contributed by atoms with Gasteiger partial charge in [0.2, 0.25) is 5.88 Å². The average Bonchev–Trinajstić information content (AvgIpc) is 2.01. The van der Waals surface area contributed by atoms with E-state index >= 15 is 0 Å². The predicted molar refractivity (Wildman–Crippen MR) is 58.2 cm³/mol. The molecule has 3 nitrogen and oxygen atoms in total. The summed E-state index contributed by atoms with van der Waals surface area (Å²) in [5, 5.41) is 0. The van der Waals surface area contributed by atoms with Crippen molar-refractivity contribution in [2.75, 3.05) is 5.73 Å². The molecule has 0 aliphatic rings. The minimum Gasteiger partial charge on any atom is -0.475 e. The van der Waals surface area contributed by atoms with E-state index in [0.717, 1.165) is 6.42 Å². The number of hydrogen-bond donors (Lipinski definition) is 1. The predicted octanol–water partition coefficient (Wildman–Crippen LogP) is 2.48. The second-order valence-corrected chi connectivity index (χ2v) is 3.96. The first-order valence-corrected chi connectivity index (χ1v) is 4.97. The highest BCUT2D eigenvalue weighted by molar-refractivity contribution is 5.31. The van der Waals surface area contributed by atoms with Crippen LogP contribution in [0, 0.1) is 5.92 Å². The molecule has 3 heteroatoms. The van der Waals surface area contributed by atoms with E-state index in [1.54, 1.807) is 6.07 Å². The standard InChI is InChI=1S/C11H18N2O/c1-8(2)7-9(3)14-11-6-4-5-10(12)13-11/h4-6,8-9H,7H2,1-3H3,(H2,12,13). The molecule has 0 aliphatic carbocycles. The molecule has 1 aromatic heterocycles. The SMILES string of the molecule is CC(C)CC(C)Oc1cccc(N)n1. The molecule has 0 fully saturated rings. The van der Waals surface area contributed by atoms with E-state index in [1.807, 2.05) is 19.1 Å². The Hall–Kier alpha value is -1.25. The molecular formula is C11H18N2O. The molecule has 1 atom stereocenters. The van der Waals surface area contributed by atoms with Gasteiger partial charge in [0.1, 0.15) is 5.82 Å². The molecule has 1 unspecified atom stereocenters. The minimum absolute atomic E-state index is 0.185. The van der Waals surface area contributed by atoms with Crippen LogP contribution >= 0.6 is 0 Å². The first-order valence-electron chi connectivity index (χ1n) is 4.97. The van der Waals surface area contributed by atoms with E-state index in [0.29, 0.717) is 17.6 Å². The zero-order chi connectivity index (χ0) is 10.6. The normalized spacial score (nSPS) is 12.9. The van der Waals surface area contributed by atoms with Crippen molar-refractivity contribution in [2.24, 2.45) is 5.92 Å². The lowest BCUT2D eigenvalue weighted by Gasteiger charge is -2.15. The van der Waals surface area contributed by atoms with Crippen molar-refractivity contribution in [1.82, 2.24) is 4.98 Å². The van der Waals surface area contributed by atoms with E-state index in [4.69, 9.17) is 10.5 Å². The van der Waals surface area contributed by atoms with E-state index in [-0.39, 0.29) is 6.10 Å². The fraction of sp³-hybridized carbons (Fsp3) is 0.545. The molecule has 1 heterocycles. The Morgan fingerprint density at radius 2 is 2.07 bits per heavy atom. The van der Waals surface area contributed by atoms with Crippen LogP contribution in [0.15, 0.2) is 18.2 Å². The number of anilines is 1. The molecule has 0 aromatic carbocycles. The molecule has 14 heavy (non-hydrogen) atoms. The van der Waals surface area contributed by atoms with Crippen molar-refractivity contribution in [3.8, 4) is 5.88 Å². The van der Waals surface area contributed by atoms with Crippen LogP contribution in [0.3, 0.4) is 0 Å². The van der Waals surface area contributed by atoms with Crippen LogP contribution in [-0.4, -0.2) is 11.1 Å². The Balaban J connectivity index is 2.51. The highest BCUT2D eigenvalue weighted by Crippen LogP contribution is 2.14. The molecule has 1 rings (SSSR count). The van der Waals surface area contributed by atoms with E-state index in [2.05, 4.69) is 18.8 Å². The summed E-state index contributed by atoms with van der Waals surface area (Å²) in [6, 6.07) is 5.42. The van der Waals surface area contributed by atoms with Crippen LogP contribution in [0.1, 0.15) is 27.2 Å². The van der Waals surface area contributed by atoms with Gasteiger partial charge in [-0.25, -0.2) is 0 Å². The molecule has 0 radical (unpaired) electrons. The summed E-state index contributed by atoms with van der Waals surface area (Å²) in [5.74, 6) is 1.74. The van der Waals surface area contributed by atoms with Crippen LogP contribution < -0.4 is 10.5 Å². The van der Waals surface area contributed by atoms with Crippen molar-refractivity contribution in [3.63, 3.8) is 0 Å². The van der Waals surface area contributed by atoms with Gasteiger partial charge in [-0.2, -0.15) is 4.98 Å². The monoisotopic (exact) mass is 194 g/mol. The number of pyridine rings is 1. The maximum Gasteiger partial charge on any atom is 0.215 e. The van der Waals surface area contributed by atoms with Gasteiger partial charge in [0, 0.05) is 6.07 Å². The van der Waals surface area contributed by atoms with E-state index in [9.17, 15) is 0 Å². The quantitative estimate of drug-likeness (QED) is 0.801. The third-order valence-electron chi connectivity index (χ3n) is 1.87. The fourth-order valence-electron chi connectivity index (χ4n) is 1.41. The van der Waals surface area contributed by atoms with Crippen LogP contribution in [0.25, 0.3) is 0 Å². The zero-order valence-electron chi connectivity index (χ0n) is 9.03. The Morgan fingerprint density at radius 1 is 1.36 bits per heavy atom. The van der Waals surface area contributed by atoms with Crippen molar-refractivity contribution < 1.29 is 4.74 Å². The van der Waals surface area contributed by atoms with Crippen molar-refractivity contribution in [1.29, 1.82) is 0 Å². The highest BCUT2D eigenvalue weighted by Gasteiger charge is 2.07. The lowest BCUT2D eigenvalue weighted by atomic mass is 10.1. The third kappa shape index (κ3) is 3.64. The van der Waals surface area contributed by atoms with Crippen molar-refractivity contribution >= 4 is 5.82 Å². The lowest BCUT2D eigenvalue weighted by molar-refractivity contribution is 0.186. The topological polar surface area (TPSA) is 48.1 Å². The summed E-state index contributed by atoms with van der Waals surface area (Å²) >= 11 is 0. The fourth-order valence-corrected chi connectivity index (χ4v) is 1.41. The molecule has 0 aliphatic heterocycles. The van der Waals surface area contributed by atoms with Crippen LogP contribution in [-0.2, 0) is 0 Å². The molecule has 0 saturated carbocycles. The summed E-state index contributed by atoms with van der Waals surface area (Å²) in [6.07, 6.45) is 1.21. The molecule has 0 bridgehead atoms. The van der Waals surface area contributed by atoms with Gasteiger partial charge < -0.3 is 10.5 Å². The van der Waals surface area contributed by atoms with Gasteiger partial charge in [0.25, 0.3) is 0 Å². The Morgan fingerprint density at radius 3 is 2.64 bits per heavy atom. The van der Waals surface area contributed by atoms with E-state index < -0.39 is 0 Å². The Labute approximate surface area is 85.3 Å². The number of ether oxygens (including phenoxy) is 1. The van der Waals surface area contributed by atoms with Crippen LogP contribution in [0.5, 0.6) is 5.88 Å². The summed E-state index contributed by atoms with van der Waals surface area (Å²) in [5.41, 5.74) is 5.54. The number of aromatic nitrogens is 1. The van der Waals surface area contributed by atoms with Gasteiger partial charge in [-0.1, -0.05) is 19.9 Å². The minimum atomic E-state index is 0.185. The summed E-state index contributed by atoms with van der Waals surface area (Å²) < 4.78 is 5.61. The van der Waals surface area contributed by atoms with Crippen LogP contribution in [0.2, 0.25) is 0 Å². The van der Waals surface area contributed by atoms with Gasteiger partial charge in [-0.15, -0.1) is 0 Å². The van der Waals surface area contributed by atoms with Gasteiger partial charge in [0.15, 0.2) is 0 Å². The summed E-state index contributed by atoms with van der Waals surface area (Å²) in [6.45, 7) is 6.39. The zero-order valence-corrected chi connectivity index (χ0v) is 9.03. The number of nitrogens with two attached hydrogens (primary N) is 1. The number of rotatable bonds is 4. The third-order valence-corrected chi connectivity index (χ3v) is 1.87. The smallest absolute Gasteiger partial charge is 0.215 e. The van der Waals surface area contributed by atoms with Crippen molar-refractivity contribution in [3.05, 3.63) is 18.2 Å². The van der Waals surface area contributed by atoms with Gasteiger partial charge in [0.05, 0.1) is 6.10 Å². The van der Waals surface area contributed by atoms with Crippen LogP contribution in [0.4, 0.5) is 5.82 Å². The maximum absolute atomic E-state index is 5.61. The van der Waals surface area contributed by atoms with Crippen molar-refractivity contribution in [2.45, 2.75) is 33.3 Å². The first-order chi connectivity index (χ1) is 6.58. The lowest BCUT2D eigenvalue weighted by Crippen LogP contribution is -2.15. The maximum atomic E-state index is 5.61. The number of hydrogen-bond acceptors (Lipinski definition) is 3. The second kappa shape index (κ2) is 4.84. The highest BCUT2D eigenvalue weighted by atomic mass is 16.5. The van der Waals surface area contributed by atoms with E-state index in [1.165, 1.54) is 0 Å². The molecule has 0 amide bonds. The Kier molecular flexibility index (Phi) is 3.74. The van der Waals surface area contributed by atoms with Gasteiger partial charge in [-0.3, -0.25) is 0 Å². The molecule has 1 aromatic rings. The molecule has 0 spiro atoms. The summed E-state index contributed by atoms with van der Waals surface area (Å²) in [4.78, 5) is 4.08. The Bertz CT molecular complexity index is 286. The first kappa shape index (κ1) is 10.8. The van der Waals surface area contributed by atoms with Gasteiger partial charge >= 0.3 is 0 Å². The summed E-state index contributed by atoms with van der Waals surface area (Å²) in [7, 11) is 0. The average molecular weight is 194 g/mol. The number of nitrogen functional groups attached to an aromatic ring is 1. The molecular weight excluding hydrogens is 176 g/mol. The number of nitrogens with zero attached hydrogens (tertiary/aromatic N) is 1. The largest absolute Gasteiger partial charge is 0.475 e. The molecule has 2 N–H and O–H groups in total. The van der Waals surface area contributed by atoms with Gasteiger partial charge in [-0.05, 0) is 25.3 Å². The molecule has 78 valence electrons. The molecule has 0 saturated heterocycles. The second-order valence-electron chi connectivity index (χ2n) is 3.96.